The Morgan fingerprint density at radius 1 is 1.26 bits per heavy atom. The first-order chi connectivity index (χ1) is 9.26. The van der Waals surface area contributed by atoms with Crippen LogP contribution in [-0.4, -0.2) is 32.6 Å². The van der Waals surface area contributed by atoms with Gasteiger partial charge in [0.2, 0.25) is 5.91 Å². The quantitative estimate of drug-likeness (QED) is 0.816. The van der Waals surface area contributed by atoms with Gasteiger partial charge in [0.25, 0.3) is 0 Å². The number of benzene rings is 1. The van der Waals surface area contributed by atoms with Crippen LogP contribution in [0.3, 0.4) is 0 Å². The number of fused-ring (bicyclic) bond motifs is 1. The molecule has 1 aliphatic rings. The molecule has 0 bridgehead atoms. The fraction of sp³-hybridized carbons (Fsp3) is 0.357. The summed E-state index contributed by atoms with van der Waals surface area (Å²) in [6, 6.07) is 5.99. The van der Waals surface area contributed by atoms with Gasteiger partial charge in [-0.1, -0.05) is 22.0 Å². The van der Waals surface area contributed by atoms with Gasteiger partial charge in [0.15, 0.2) is 0 Å². The SMILES string of the molecule is O=C1CC(CBr)CN1Cc1ccc2nccnc2c1. The van der Waals surface area contributed by atoms with Crippen LogP contribution in [0.25, 0.3) is 11.0 Å². The summed E-state index contributed by atoms with van der Waals surface area (Å²) in [4.78, 5) is 22.3. The first-order valence-corrected chi connectivity index (χ1v) is 7.42. The Balaban J connectivity index is 1.80. The fourth-order valence-electron chi connectivity index (χ4n) is 2.44. The molecule has 0 saturated carbocycles. The van der Waals surface area contributed by atoms with Crippen molar-refractivity contribution in [3.63, 3.8) is 0 Å². The Morgan fingerprint density at radius 3 is 2.79 bits per heavy atom. The third-order valence-corrected chi connectivity index (χ3v) is 4.34. The number of halogens is 1. The standard InChI is InChI=1S/C14H14BrN3O/c15-7-11-6-14(19)18(9-11)8-10-1-2-12-13(5-10)17-4-3-16-12/h1-5,11H,6-9H2. The van der Waals surface area contributed by atoms with E-state index in [0.29, 0.717) is 18.9 Å². The molecule has 19 heavy (non-hydrogen) atoms. The second-order valence-electron chi connectivity index (χ2n) is 4.88. The largest absolute Gasteiger partial charge is 0.338 e. The number of hydrogen-bond donors (Lipinski definition) is 0. The van der Waals surface area contributed by atoms with Crippen molar-refractivity contribution in [3.05, 3.63) is 36.2 Å². The number of carbonyl (C=O) groups excluding carboxylic acids is 1. The average molecular weight is 320 g/mol. The highest BCUT2D eigenvalue weighted by Gasteiger charge is 2.28. The summed E-state index contributed by atoms with van der Waals surface area (Å²) in [7, 11) is 0. The lowest BCUT2D eigenvalue weighted by atomic mass is 10.1. The molecule has 1 atom stereocenters. The second-order valence-corrected chi connectivity index (χ2v) is 5.53. The van der Waals surface area contributed by atoms with Gasteiger partial charge < -0.3 is 4.90 Å². The third-order valence-electron chi connectivity index (χ3n) is 3.42. The smallest absolute Gasteiger partial charge is 0.223 e. The van der Waals surface area contributed by atoms with E-state index in [9.17, 15) is 4.79 Å². The molecule has 5 heteroatoms. The minimum Gasteiger partial charge on any atom is -0.338 e. The van der Waals surface area contributed by atoms with Crippen LogP contribution in [0, 0.1) is 5.92 Å². The molecular formula is C14H14BrN3O. The molecular weight excluding hydrogens is 306 g/mol. The van der Waals surface area contributed by atoms with Crippen molar-refractivity contribution >= 4 is 32.9 Å². The van der Waals surface area contributed by atoms with Crippen LogP contribution in [0.1, 0.15) is 12.0 Å². The maximum Gasteiger partial charge on any atom is 0.223 e. The topological polar surface area (TPSA) is 46.1 Å². The lowest BCUT2D eigenvalue weighted by molar-refractivity contribution is -0.128. The van der Waals surface area contributed by atoms with Crippen LogP contribution in [0.5, 0.6) is 0 Å². The number of hydrogen-bond acceptors (Lipinski definition) is 3. The molecule has 1 unspecified atom stereocenters. The Hall–Kier alpha value is -1.49. The molecule has 3 rings (SSSR count). The number of aromatic nitrogens is 2. The number of amides is 1. The zero-order chi connectivity index (χ0) is 13.2. The molecule has 0 N–H and O–H groups in total. The Kier molecular flexibility index (Phi) is 3.46. The second kappa shape index (κ2) is 5.25. The minimum atomic E-state index is 0.240. The van der Waals surface area contributed by atoms with Gasteiger partial charge in [0.05, 0.1) is 11.0 Å². The molecule has 2 aromatic rings. The zero-order valence-electron chi connectivity index (χ0n) is 10.4. The van der Waals surface area contributed by atoms with E-state index in [-0.39, 0.29) is 5.91 Å². The summed E-state index contributed by atoms with van der Waals surface area (Å²) in [6.45, 7) is 1.50. The number of carbonyl (C=O) groups is 1. The summed E-state index contributed by atoms with van der Waals surface area (Å²) in [5.74, 6) is 0.677. The van der Waals surface area contributed by atoms with E-state index in [2.05, 4.69) is 25.9 Å². The molecule has 1 aromatic carbocycles. The summed E-state index contributed by atoms with van der Waals surface area (Å²) in [5.41, 5.74) is 2.87. The van der Waals surface area contributed by atoms with E-state index in [1.165, 1.54) is 0 Å². The van der Waals surface area contributed by atoms with Crippen LogP contribution >= 0.6 is 15.9 Å². The predicted octanol–water partition coefficient (Wildman–Crippen LogP) is 2.37. The Morgan fingerprint density at radius 2 is 2.05 bits per heavy atom. The molecule has 1 fully saturated rings. The number of nitrogens with zero attached hydrogens (tertiary/aromatic N) is 3. The molecule has 0 aliphatic carbocycles. The van der Waals surface area contributed by atoms with Crippen molar-refractivity contribution in [1.82, 2.24) is 14.9 Å². The lowest BCUT2D eigenvalue weighted by Gasteiger charge is -2.16. The van der Waals surface area contributed by atoms with E-state index in [4.69, 9.17) is 0 Å². The van der Waals surface area contributed by atoms with Crippen molar-refractivity contribution < 1.29 is 4.79 Å². The zero-order valence-corrected chi connectivity index (χ0v) is 12.0. The highest BCUT2D eigenvalue weighted by Crippen LogP contribution is 2.22. The van der Waals surface area contributed by atoms with Gasteiger partial charge in [-0.05, 0) is 23.6 Å². The first kappa shape index (κ1) is 12.5. The Labute approximate surface area is 120 Å². The van der Waals surface area contributed by atoms with Crippen molar-refractivity contribution in [3.8, 4) is 0 Å². The molecule has 1 aromatic heterocycles. The maximum absolute atomic E-state index is 11.9. The van der Waals surface area contributed by atoms with Gasteiger partial charge in [0, 0.05) is 37.2 Å². The number of likely N-dealkylation sites (tertiary alicyclic amines) is 1. The summed E-state index contributed by atoms with van der Waals surface area (Å²) >= 11 is 3.45. The molecule has 0 radical (unpaired) electrons. The van der Waals surface area contributed by atoms with Crippen LogP contribution < -0.4 is 0 Å². The van der Waals surface area contributed by atoms with Gasteiger partial charge in [-0.25, -0.2) is 0 Å². The highest BCUT2D eigenvalue weighted by atomic mass is 79.9. The molecule has 4 nitrogen and oxygen atoms in total. The fourth-order valence-corrected chi connectivity index (χ4v) is 2.87. The highest BCUT2D eigenvalue weighted by molar-refractivity contribution is 9.09. The normalized spacial score (nSPS) is 19.3. The third kappa shape index (κ3) is 2.61. The van der Waals surface area contributed by atoms with Gasteiger partial charge in [-0.2, -0.15) is 0 Å². The predicted molar refractivity (Wildman–Crippen MR) is 76.9 cm³/mol. The van der Waals surface area contributed by atoms with Crippen molar-refractivity contribution in [2.45, 2.75) is 13.0 Å². The lowest BCUT2D eigenvalue weighted by Crippen LogP contribution is -2.24. The number of rotatable bonds is 3. The first-order valence-electron chi connectivity index (χ1n) is 6.29. The van der Waals surface area contributed by atoms with Crippen LogP contribution in [0.2, 0.25) is 0 Å². The molecule has 2 heterocycles. The van der Waals surface area contributed by atoms with Crippen molar-refractivity contribution in [2.24, 2.45) is 5.92 Å². The van der Waals surface area contributed by atoms with Gasteiger partial charge in [0.1, 0.15) is 0 Å². The minimum absolute atomic E-state index is 0.240. The van der Waals surface area contributed by atoms with Gasteiger partial charge in [-0.3, -0.25) is 14.8 Å². The molecule has 98 valence electrons. The van der Waals surface area contributed by atoms with E-state index >= 15 is 0 Å². The van der Waals surface area contributed by atoms with Crippen molar-refractivity contribution in [2.75, 3.05) is 11.9 Å². The summed E-state index contributed by atoms with van der Waals surface area (Å²) < 4.78 is 0. The molecule has 1 amide bonds. The van der Waals surface area contributed by atoms with Gasteiger partial charge >= 0.3 is 0 Å². The monoisotopic (exact) mass is 319 g/mol. The van der Waals surface area contributed by atoms with E-state index < -0.39 is 0 Å². The van der Waals surface area contributed by atoms with Crippen LogP contribution in [0.15, 0.2) is 30.6 Å². The molecule has 1 aliphatic heterocycles. The Bertz CT molecular complexity index is 616. The van der Waals surface area contributed by atoms with Crippen LogP contribution in [0.4, 0.5) is 0 Å². The van der Waals surface area contributed by atoms with Crippen LogP contribution in [-0.2, 0) is 11.3 Å². The average Bonchev–Trinajstić information content (AvgIpc) is 2.79. The van der Waals surface area contributed by atoms with Gasteiger partial charge in [-0.15, -0.1) is 0 Å². The van der Waals surface area contributed by atoms with E-state index in [0.717, 1.165) is 28.5 Å². The van der Waals surface area contributed by atoms with E-state index in [1.54, 1.807) is 12.4 Å². The molecule has 1 saturated heterocycles. The summed E-state index contributed by atoms with van der Waals surface area (Å²) in [6.07, 6.45) is 4.03. The molecule has 0 spiro atoms. The maximum atomic E-state index is 11.9. The summed E-state index contributed by atoms with van der Waals surface area (Å²) in [5, 5.41) is 0.887. The van der Waals surface area contributed by atoms with Crippen molar-refractivity contribution in [1.29, 1.82) is 0 Å². The van der Waals surface area contributed by atoms with E-state index in [1.807, 2.05) is 23.1 Å². The number of alkyl halides is 1.